The number of carbonyl (C=O) groups excluding carboxylic acids is 1. The highest BCUT2D eigenvalue weighted by atomic mass is 127. The second kappa shape index (κ2) is 6.02. The third-order valence-electron chi connectivity index (χ3n) is 3.50. The Bertz CT molecular complexity index is 565. The number of halogens is 2. The van der Waals surface area contributed by atoms with Crippen molar-refractivity contribution in [3.05, 3.63) is 31.6 Å². The van der Waals surface area contributed by atoms with Crippen molar-refractivity contribution < 1.29 is 14.1 Å². The monoisotopic (exact) mass is 392 g/mol. The maximum absolute atomic E-state index is 13.8. The number of nitrogens with zero attached hydrogens (tertiary/aromatic N) is 2. The molecule has 2 rings (SSSR count). The molecule has 0 N–H and O–H groups in total. The first kappa shape index (κ1) is 15.1. The average Bonchev–Trinajstić information content (AvgIpc) is 2.41. The third kappa shape index (κ3) is 2.92. The number of nitro groups is 1. The largest absolute Gasteiger partial charge is 0.356 e. The summed E-state index contributed by atoms with van der Waals surface area (Å²) < 4.78 is 14.0. The zero-order valence-corrected chi connectivity index (χ0v) is 13.1. The number of benzene rings is 1. The lowest BCUT2D eigenvalue weighted by molar-refractivity contribution is -0.384. The number of carbonyl (C=O) groups is 1. The van der Waals surface area contributed by atoms with Crippen LogP contribution in [-0.4, -0.2) is 23.3 Å². The van der Waals surface area contributed by atoms with E-state index in [9.17, 15) is 19.3 Å². The van der Waals surface area contributed by atoms with Crippen molar-refractivity contribution in [3.8, 4) is 0 Å². The van der Waals surface area contributed by atoms with Crippen molar-refractivity contribution in [2.45, 2.75) is 32.2 Å². The minimum absolute atomic E-state index is 0.0436. The summed E-state index contributed by atoms with van der Waals surface area (Å²) in [7, 11) is 0. The SMILES string of the molecule is CC(=O)C1CCCCN1c1cc(F)c(I)cc1[N+](=O)[O-]. The molecule has 1 fully saturated rings. The molecule has 0 aromatic heterocycles. The highest BCUT2D eigenvalue weighted by Crippen LogP contribution is 2.35. The Balaban J connectivity index is 2.51. The van der Waals surface area contributed by atoms with E-state index in [2.05, 4.69) is 0 Å². The molecule has 1 aromatic rings. The topological polar surface area (TPSA) is 63.5 Å². The van der Waals surface area contributed by atoms with Gasteiger partial charge in [-0.1, -0.05) is 0 Å². The van der Waals surface area contributed by atoms with Gasteiger partial charge >= 0.3 is 0 Å². The summed E-state index contributed by atoms with van der Waals surface area (Å²) in [6.07, 6.45) is 2.40. The van der Waals surface area contributed by atoms with E-state index in [1.54, 1.807) is 27.5 Å². The summed E-state index contributed by atoms with van der Waals surface area (Å²) in [6.45, 7) is 2.00. The van der Waals surface area contributed by atoms with Gasteiger partial charge in [-0.25, -0.2) is 4.39 Å². The number of rotatable bonds is 3. The molecule has 1 saturated heterocycles. The lowest BCUT2D eigenvalue weighted by Gasteiger charge is -2.35. The Morgan fingerprint density at radius 3 is 2.80 bits per heavy atom. The van der Waals surface area contributed by atoms with Crippen LogP contribution in [0, 0.1) is 19.5 Å². The molecule has 1 unspecified atom stereocenters. The van der Waals surface area contributed by atoms with Crippen LogP contribution >= 0.6 is 22.6 Å². The number of nitro benzene ring substituents is 1. The average molecular weight is 392 g/mol. The van der Waals surface area contributed by atoms with Gasteiger partial charge in [0.1, 0.15) is 11.5 Å². The molecule has 7 heteroatoms. The van der Waals surface area contributed by atoms with E-state index in [-0.39, 0.29) is 20.7 Å². The Kier molecular flexibility index (Phi) is 4.56. The van der Waals surface area contributed by atoms with Crippen LogP contribution in [0.1, 0.15) is 26.2 Å². The summed E-state index contributed by atoms with van der Waals surface area (Å²) in [6, 6.07) is 1.99. The third-order valence-corrected chi connectivity index (χ3v) is 4.32. The summed E-state index contributed by atoms with van der Waals surface area (Å²) >= 11 is 1.72. The Labute approximate surface area is 129 Å². The number of ketones is 1. The van der Waals surface area contributed by atoms with Gasteiger partial charge in [-0.05, 0) is 48.8 Å². The van der Waals surface area contributed by atoms with Crippen molar-refractivity contribution in [2.75, 3.05) is 11.4 Å². The molecule has 0 saturated carbocycles. The predicted octanol–water partition coefficient (Wildman–Crippen LogP) is 3.29. The van der Waals surface area contributed by atoms with Crippen LogP contribution < -0.4 is 4.90 Å². The molecule has 0 amide bonds. The van der Waals surface area contributed by atoms with Gasteiger partial charge in [0.15, 0.2) is 5.78 Å². The molecule has 5 nitrogen and oxygen atoms in total. The van der Waals surface area contributed by atoms with Gasteiger partial charge in [0.25, 0.3) is 5.69 Å². The fraction of sp³-hybridized carbons (Fsp3) is 0.462. The molecule has 1 aliphatic rings. The molecule has 0 bridgehead atoms. The first-order valence-electron chi connectivity index (χ1n) is 6.32. The van der Waals surface area contributed by atoms with E-state index in [1.165, 1.54) is 19.1 Å². The van der Waals surface area contributed by atoms with Crippen molar-refractivity contribution >= 4 is 39.7 Å². The number of anilines is 1. The second-order valence-corrected chi connectivity index (χ2v) is 5.99. The summed E-state index contributed by atoms with van der Waals surface area (Å²) in [5, 5.41) is 11.2. The maximum Gasteiger partial charge on any atom is 0.293 e. The minimum atomic E-state index is -0.525. The van der Waals surface area contributed by atoms with Crippen LogP contribution in [0.4, 0.5) is 15.8 Å². The van der Waals surface area contributed by atoms with Crippen molar-refractivity contribution in [1.29, 1.82) is 0 Å². The van der Waals surface area contributed by atoms with Crippen molar-refractivity contribution in [1.82, 2.24) is 0 Å². The fourth-order valence-electron chi connectivity index (χ4n) is 2.54. The molecule has 108 valence electrons. The normalized spacial score (nSPS) is 18.9. The Hall–Kier alpha value is -1.25. The molecule has 20 heavy (non-hydrogen) atoms. The first-order valence-corrected chi connectivity index (χ1v) is 7.40. The summed E-state index contributed by atoms with van der Waals surface area (Å²) in [4.78, 5) is 24.0. The molecule has 1 atom stereocenters. The number of Topliss-reactive ketones (excluding diaryl/α,β-unsaturated/α-hetero) is 1. The first-order chi connectivity index (χ1) is 9.41. The lowest BCUT2D eigenvalue weighted by Crippen LogP contribution is -2.44. The van der Waals surface area contributed by atoms with E-state index in [0.717, 1.165) is 12.8 Å². The highest BCUT2D eigenvalue weighted by Gasteiger charge is 2.31. The van der Waals surface area contributed by atoms with E-state index in [4.69, 9.17) is 0 Å². The zero-order valence-electron chi connectivity index (χ0n) is 10.9. The van der Waals surface area contributed by atoms with Crippen LogP contribution in [0.5, 0.6) is 0 Å². The minimum Gasteiger partial charge on any atom is -0.356 e. The van der Waals surface area contributed by atoms with Crippen LogP contribution in [0.2, 0.25) is 0 Å². The van der Waals surface area contributed by atoms with Gasteiger partial charge in [0.2, 0.25) is 0 Å². The van der Waals surface area contributed by atoms with Crippen LogP contribution in [0.25, 0.3) is 0 Å². The summed E-state index contributed by atoms with van der Waals surface area (Å²) in [5.74, 6) is -0.544. The van der Waals surface area contributed by atoms with Crippen LogP contribution in [-0.2, 0) is 4.79 Å². The van der Waals surface area contributed by atoms with Crippen molar-refractivity contribution in [2.24, 2.45) is 0 Å². The Morgan fingerprint density at radius 2 is 2.20 bits per heavy atom. The molecule has 0 radical (unpaired) electrons. The molecular weight excluding hydrogens is 378 g/mol. The van der Waals surface area contributed by atoms with E-state index >= 15 is 0 Å². The number of hydrogen-bond acceptors (Lipinski definition) is 4. The highest BCUT2D eigenvalue weighted by molar-refractivity contribution is 14.1. The quantitative estimate of drug-likeness (QED) is 0.450. The van der Waals surface area contributed by atoms with Gasteiger partial charge in [-0.2, -0.15) is 0 Å². The van der Waals surface area contributed by atoms with E-state index in [1.807, 2.05) is 0 Å². The summed E-state index contributed by atoms with van der Waals surface area (Å²) in [5.41, 5.74) is 0.0526. The molecule has 1 aliphatic heterocycles. The van der Waals surface area contributed by atoms with Gasteiger partial charge in [0.05, 0.1) is 14.5 Å². The van der Waals surface area contributed by atoms with Gasteiger partial charge in [0, 0.05) is 18.7 Å². The van der Waals surface area contributed by atoms with Crippen LogP contribution in [0.3, 0.4) is 0 Å². The molecular formula is C13H14FIN2O3. The Morgan fingerprint density at radius 1 is 1.50 bits per heavy atom. The molecule has 1 aromatic carbocycles. The van der Waals surface area contributed by atoms with Gasteiger partial charge < -0.3 is 4.90 Å². The van der Waals surface area contributed by atoms with Crippen molar-refractivity contribution in [3.63, 3.8) is 0 Å². The fourth-order valence-corrected chi connectivity index (χ4v) is 3.00. The standard InChI is InChI=1S/C13H14FIN2O3/c1-8(18)11-4-2-3-5-16(11)12-6-9(14)10(15)7-13(12)17(19)20/h6-7,11H,2-5H2,1H3. The van der Waals surface area contributed by atoms with E-state index < -0.39 is 16.8 Å². The smallest absolute Gasteiger partial charge is 0.293 e. The molecule has 1 heterocycles. The maximum atomic E-state index is 13.8. The molecule has 0 spiro atoms. The zero-order chi connectivity index (χ0) is 14.9. The van der Waals surface area contributed by atoms with Gasteiger partial charge in [-0.15, -0.1) is 0 Å². The lowest BCUT2D eigenvalue weighted by atomic mass is 9.98. The van der Waals surface area contributed by atoms with E-state index in [0.29, 0.717) is 13.0 Å². The predicted molar refractivity (Wildman–Crippen MR) is 81.4 cm³/mol. The van der Waals surface area contributed by atoms with Crippen LogP contribution in [0.15, 0.2) is 12.1 Å². The van der Waals surface area contributed by atoms with Gasteiger partial charge in [-0.3, -0.25) is 14.9 Å². The number of piperidine rings is 1. The second-order valence-electron chi connectivity index (χ2n) is 4.83. The number of hydrogen-bond donors (Lipinski definition) is 0. The molecule has 0 aliphatic carbocycles.